The first-order chi connectivity index (χ1) is 11.0. The molecule has 0 amide bonds. The lowest BCUT2D eigenvalue weighted by Crippen LogP contribution is -2.26. The molecule has 124 valence electrons. The van der Waals surface area contributed by atoms with Crippen molar-refractivity contribution >= 4 is 19.6 Å². The number of ether oxygens (including phenoxy) is 1. The highest BCUT2D eigenvalue weighted by Crippen LogP contribution is 2.15. The van der Waals surface area contributed by atoms with Crippen LogP contribution in [0.25, 0.3) is 0 Å². The highest BCUT2D eigenvalue weighted by Gasteiger charge is 2.19. The van der Waals surface area contributed by atoms with E-state index in [-0.39, 0.29) is 18.1 Å². The summed E-state index contributed by atoms with van der Waals surface area (Å²) in [6, 6.07) is 15.7. The minimum Gasteiger partial charge on any atom is -0.491 e. The first kappa shape index (κ1) is 17.9. The van der Waals surface area contributed by atoms with Crippen LogP contribution in [0.4, 0.5) is 0 Å². The molecular formula is C16H19O5PS. The zero-order chi connectivity index (χ0) is 16.7. The maximum absolute atomic E-state index is 12.1. The molecule has 0 aliphatic rings. The standard InChI is InChI=1S/C16H19O5PS/c1-13-7-9-16(10-8-13)23(17,18)20-12-15(21-22)11-19-14-5-3-2-4-6-14/h2-10,15H,11-12,22H2,1H3. The number of hydrogen-bond acceptors (Lipinski definition) is 5. The van der Waals surface area contributed by atoms with Crippen molar-refractivity contribution in [2.75, 3.05) is 13.2 Å². The second kappa shape index (κ2) is 8.41. The minimum atomic E-state index is -3.81. The molecule has 2 aromatic rings. The van der Waals surface area contributed by atoms with Gasteiger partial charge in [0.1, 0.15) is 18.5 Å². The van der Waals surface area contributed by atoms with Crippen LogP contribution in [-0.4, -0.2) is 27.7 Å². The molecular weight excluding hydrogens is 335 g/mol. The summed E-state index contributed by atoms with van der Waals surface area (Å²) in [7, 11) is -1.71. The lowest BCUT2D eigenvalue weighted by molar-refractivity contribution is 0.0996. The Kier molecular flexibility index (Phi) is 6.54. The van der Waals surface area contributed by atoms with Crippen molar-refractivity contribution in [1.82, 2.24) is 0 Å². The van der Waals surface area contributed by atoms with Crippen LogP contribution in [-0.2, 0) is 18.8 Å². The van der Waals surface area contributed by atoms with E-state index in [2.05, 4.69) is 9.47 Å². The molecule has 2 aromatic carbocycles. The van der Waals surface area contributed by atoms with Crippen LogP contribution in [0, 0.1) is 6.92 Å². The molecule has 23 heavy (non-hydrogen) atoms. The van der Waals surface area contributed by atoms with Crippen molar-refractivity contribution in [2.45, 2.75) is 17.9 Å². The van der Waals surface area contributed by atoms with Crippen molar-refractivity contribution in [3.05, 3.63) is 60.2 Å². The summed E-state index contributed by atoms with van der Waals surface area (Å²) in [6.07, 6.45) is -0.527. The molecule has 0 aliphatic heterocycles. The van der Waals surface area contributed by atoms with E-state index in [0.29, 0.717) is 5.75 Å². The predicted octanol–water partition coefficient (Wildman–Crippen LogP) is 2.95. The molecule has 5 nitrogen and oxygen atoms in total. The first-order valence-electron chi connectivity index (χ1n) is 7.01. The average molecular weight is 354 g/mol. The third-order valence-electron chi connectivity index (χ3n) is 3.09. The fourth-order valence-corrected chi connectivity index (χ4v) is 2.86. The zero-order valence-electron chi connectivity index (χ0n) is 12.7. The number of benzene rings is 2. The first-order valence-corrected chi connectivity index (χ1v) is 8.89. The highest BCUT2D eigenvalue weighted by molar-refractivity contribution is 7.86. The SMILES string of the molecule is Cc1ccc(S(=O)(=O)OCC(COc2ccccc2)OP)cc1. The van der Waals surface area contributed by atoms with Gasteiger partial charge in [-0.1, -0.05) is 35.9 Å². The van der Waals surface area contributed by atoms with Crippen molar-refractivity contribution in [3.8, 4) is 5.75 Å². The quantitative estimate of drug-likeness (QED) is 0.539. The van der Waals surface area contributed by atoms with Crippen LogP contribution < -0.4 is 4.74 Å². The minimum absolute atomic E-state index is 0.120. The molecule has 0 N–H and O–H groups in total. The normalized spacial score (nSPS) is 12.8. The van der Waals surface area contributed by atoms with Crippen molar-refractivity contribution in [3.63, 3.8) is 0 Å². The Hall–Kier alpha value is -1.46. The number of para-hydroxylation sites is 1. The summed E-state index contributed by atoms with van der Waals surface area (Å²) in [5.41, 5.74) is 0.978. The summed E-state index contributed by atoms with van der Waals surface area (Å²) in [4.78, 5) is 0.120. The Labute approximate surface area is 139 Å². The highest BCUT2D eigenvalue weighted by atomic mass is 32.2. The van der Waals surface area contributed by atoms with E-state index in [9.17, 15) is 8.42 Å². The fraction of sp³-hybridized carbons (Fsp3) is 0.250. The van der Waals surface area contributed by atoms with E-state index in [1.54, 1.807) is 12.1 Å². The summed E-state index contributed by atoms with van der Waals surface area (Å²) >= 11 is 0. The number of hydrogen-bond donors (Lipinski definition) is 0. The third-order valence-corrected chi connectivity index (χ3v) is 4.77. The third kappa shape index (κ3) is 5.59. The molecule has 7 heteroatoms. The van der Waals surface area contributed by atoms with Gasteiger partial charge in [-0.25, -0.2) is 0 Å². The van der Waals surface area contributed by atoms with Gasteiger partial charge in [-0.2, -0.15) is 8.42 Å². The molecule has 0 saturated carbocycles. The smallest absolute Gasteiger partial charge is 0.297 e. The lowest BCUT2D eigenvalue weighted by atomic mass is 10.2. The summed E-state index contributed by atoms with van der Waals surface area (Å²) < 4.78 is 39.9. The van der Waals surface area contributed by atoms with Gasteiger partial charge in [0.25, 0.3) is 10.1 Å². The van der Waals surface area contributed by atoms with Crippen LogP contribution >= 0.6 is 9.47 Å². The summed E-state index contributed by atoms with van der Waals surface area (Å²) in [5.74, 6) is 0.681. The van der Waals surface area contributed by atoms with Gasteiger partial charge in [0.05, 0.1) is 11.5 Å². The Bertz CT molecular complexity index is 701. The maximum atomic E-state index is 12.1. The molecule has 0 radical (unpaired) electrons. The second-order valence-corrected chi connectivity index (χ2v) is 6.82. The maximum Gasteiger partial charge on any atom is 0.297 e. The molecule has 0 aliphatic carbocycles. The van der Waals surface area contributed by atoms with Gasteiger partial charge in [0, 0.05) is 9.47 Å². The molecule has 0 aromatic heterocycles. The molecule has 0 fully saturated rings. The molecule has 2 unspecified atom stereocenters. The number of aryl methyl sites for hydroxylation is 1. The molecule has 0 saturated heterocycles. The Morgan fingerprint density at radius 3 is 2.26 bits per heavy atom. The average Bonchev–Trinajstić information content (AvgIpc) is 2.56. The van der Waals surface area contributed by atoms with Crippen LogP contribution in [0.3, 0.4) is 0 Å². The van der Waals surface area contributed by atoms with E-state index in [0.717, 1.165) is 5.56 Å². The van der Waals surface area contributed by atoms with Gasteiger partial charge in [-0.15, -0.1) is 0 Å². The fourth-order valence-electron chi connectivity index (χ4n) is 1.77. The van der Waals surface area contributed by atoms with Crippen LogP contribution in [0.5, 0.6) is 5.75 Å². The lowest BCUT2D eigenvalue weighted by Gasteiger charge is -2.16. The van der Waals surface area contributed by atoms with Crippen molar-refractivity contribution in [2.24, 2.45) is 0 Å². The van der Waals surface area contributed by atoms with Gasteiger partial charge >= 0.3 is 0 Å². The Morgan fingerprint density at radius 2 is 1.65 bits per heavy atom. The van der Waals surface area contributed by atoms with Crippen molar-refractivity contribution < 1.29 is 21.9 Å². The monoisotopic (exact) mass is 354 g/mol. The van der Waals surface area contributed by atoms with Crippen LogP contribution in [0.2, 0.25) is 0 Å². The zero-order valence-corrected chi connectivity index (χ0v) is 14.7. The predicted molar refractivity (Wildman–Crippen MR) is 90.8 cm³/mol. The molecule has 0 spiro atoms. The molecule has 2 atom stereocenters. The summed E-state index contributed by atoms with van der Waals surface area (Å²) in [6.45, 7) is 1.93. The van der Waals surface area contributed by atoms with E-state index >= 15 is 0 Å². The Balaban J connectivity index is 1.90. The van der Waals surface area contributed by atoms with E-state index in [1.165, 1.54) is 12.1 Å². The van der Waals surface area contributed by atoms with Crippen LogP contribution in [0.1, 0.15) is 5.56 Å². The van der Waals surface area contributed by atoms with Gasteiger partial charge in [-0.05, 0) is 31.2 Å². The van der Waals surface area contributed by atoms with Gasteiger partial charge in [0.2, 0.25) is 0 Å². The van der Waals surface area contributed by atoms with E-state index in [4.69, 9.17) is 13.4 Å². The molecule has 0 heterocycles. The Morgan fingerprint density at radius 1 is 1.00 bits per heavy atom. The molecule has 2 rings (SSSR count). The van der Waals surface area contributed by atoms with E-state index in [1.807, 2.05) is 37.3 Å². The van der Waals surface area contributed by atoms with Gasteiger partial charge in [0.15, 0.2) is 0 Å². The molecule has 0 bridgehead atoms. The summed E-state index contributed by atoms with van der Waals surface area (Å²) in [5, 5.41) is 0. The largest absolute Gasteiger partial charge is 0.491 e. The van der Waals surface area contributed by atoms with Crippen LogP contribution in [0.15, 0.2) is 59.5 Å². The number of rotatable bonds is 8. The van der Waals surface area contributed by atoms with Gasteiger partial charge in [-0.3, -0.25) is 4.18 Å². The van der Waals surface area contributed by atoms with Gasteiger partial charge < -0.3 is 9.26 Å². The van der Waals surface area contributed by atoms with E-state index < -0.39 is 16.2 Å². The van der Waals surface area contributed by atoms with Crippen molar-refractivity contribution in [1.29, 1.82) is 0 Å². The topological polar surface area (TPSA) is 61.8 Å². The second-order valence-electron chi connectivity index (χ2n) is 4.93.